The predicted molar refractivity (Wildman–Crippen MR) is 80.2 cm³/mol. The molecule has 0 aromatic carbocycles. The number of aliphatic carboxylic acids is 1. The molecule has 1 aliphatic carbocycles. The lowest BCUT2D eigenvalue weighted by Crippen LogP contribution is -2.30. The molecule has 3 atom stereocenters. The number of anilines is 1. The summed E-state index contributed by atoms with van der Waals surface area (Å²) in [6, 6.07) is 1.73. The molecule has 0 bridgehead atoms. The van der Waals surface area contributed by atoms with Gasteiger partial charge in [-0.05, 0) is 37.3 Å². The van der Waals surface area contributed by atoms with E-state index in [9.17, 15) is 14.7 Å². The minimum Gasteiger partial charge on any atom is -0.481 e. The third-order valence-electron chi connectivity index (χ3n) is 4.17. The first-order valence-corrected chi connectivity index (χ1v) is 7.46. The average molecular weight is 311 g/mol. The van der Waals surface area contributed by atoms with Crippen LogP contribution in [-0.2, 0) is 9.59 Å². The summed E-state index contributed by atoms with van der Waals surface area (Å²) in [4.78, 5) is 27.6. The molecule has 114 valence electrons. The Morgan fingerprint density at radius 2 is 2.10 bits per heavy atom. The smallest absolute Gasteiger partial charge is 0.307 e. The van der Waals surface area contributed by atoms with Crippen molar-refractivity contribution in [1.29, 1.82) is 0 Å². The number of carbonyl (C=O) groups excluding carboxylic acids is 1. The van der Waals surface area contributed by atoms with E-state index in [0.717, 1.165) is 12.0 Å². The molecule has 1 aliphatic rings. The fourth-order valence-corrected chi connectivity index (χ4v) is 3.00. The van der Waals surface area contributed by atoms with Gasteiger partial charge in [-0.1, -0.05) is 24.9 Å². The van der Waals surface area contributed by atoms with E-state index in [1.54, 1.807) is 13.0 Å². The van der Waals surface area contributed by atoms with Crippen molar-refractivity contribution in [1.82, 2.24) is 4.98 Å². The van der Waals surface area contributed by atoms with Gasteiger partial charge < -0.3 is 10.4 Å². The zero-order valence-electron chi connectivity index (χ0n) is 12.1. The van der Waals surface area contributed by atoms with Crippen molar-refractivity contribution in [2.24, 2.45) is 17.8 Å². The van der Waals surface area contributed by atoms with Crippen LogP contribution in [0, 0.1) is 24.7 Å². The van der Waals surface area contributed by atoms with E-state index in [1.165, 1.54) is 6.20 Å². The van der Waals surface area contributed by atoms with E-state index < -0.39 is 17.8 Å². The monoisotopic (exact) mass is 310 g/mol. The molecule has 0 spiro atoms. The number of carboxylic acids is 1. The quantitative estimate of drug-likeness (QED) is 0.837. The molecule has 5 nitrogen and oxygen atoms in total. The van der Waals surface area contributed by atoms with E-state index in [-0.39, 0.29) is 5.91 Å². The Kier molecular flexibility index (Phi) is 4.83. The van der Waals surface area contributed by atoms with Crippen LogP contribution in [-0.4, -0.2) is 22.0 Å². The second-order valence-electron chi connectivity index (χ2n) is 5.62. The van der Waals surface area contributed by atoms with Gasteiger partial charge in [0.1, 0.15) is 5.15 Å². The van der Waals surface area contributed by atoms with Gasteiger partial charge in [0.25, 0.3) is 0 Å². The first-order chi connectivity index (χ1) is 9.92. The first-order valence-electron chi connectivity index (χ1n) is 7.08. The third kappa shape index (κ3) is 3.53. The summed E-state index contributed by atoms with van der Waals surface area (Å²) in [7, 11) is 0. The van der Waals surface area contributed by atoms with Crippen LogP contribution < -0.4 is 5.32 Å². The highest BCUT2D eigenvalue weighted by atomic mass is 35.5. The van der Waals surface area contributed by atoms with Gasteiger partial charge in [0.05, 0.1) is 23.7 Å². The molecule has 0 saturated heterocycles. The summed E-state index contributed by atoms with van der Waals surface area (Å²) in [6.45, 7) is 3.82. The van der Waals surface area contributed by atoms with Crippen LogP contribution in [0.5, 0.6) is 0 Å². The molecule has 1 saturated carbocycles. The number of rotatable bonds is 4. The number of nitrogens with one attached hydrogen (secondary N) is 1. The lowest BCUT2D eigenvalue weighted by molar-refractivity contribution is -0.145. The highest BCUT2D eigenvalue weighted by Crippen LogP contribution is 2.39. The summed E-state index contributed by atoms with van der Waals surface area (Å²) >= 11 is 5.85. The fraction of sp³-hybridized carbons (Fsp3) is 0.533. The minimum atomic E-state index is -0.892. The minimum absolute atomic E-state index is 0.248. The maximum atomic E-state index is 12.4. The Morgan fingerprint density at radius 3 is 2.67 bits per heavy atom. The van der Waals surface area contributed by atoms with Gasteiger partial charge in [-0.25, -0.2) is 4.98 Å². The van der Waals surface area contributed by atoms with Crippen LogP contribution in [0.2, 0.25) is 5.15 Å². The summed E-state index contributed by atoms with van der Waals surface area (Å²) in [5, 5.41) is 12.4. The number of hydrogen-bond donors (Lipinski definition) is 2. The highest BCUT2D eigenvalue weighted by molar-refractivity contribution is 6.30. The molecule has 0 aliphatic heterocycles. The second kappa shape index (κ2) is 6.43. The van der Waals surface area contributed by atoms with Crippen molar-refractivity contribution in [2.45, 2.75) is 33.1 Å². The molecule has 3 unspecified atom stereocenters. The number of hydrogen-bond acceptors (Lipinski definition) is 3. The first kappa shape index (κ1) is 15.8. The Balaban J connectivity index is 2.11. The average Bonchev–Trinajstić information content (AvgIpc) is 2.87. The van der Waals surface area contributed by atoms with Crippen LogP contribution in [0.1, 0.15) is 31.7 Å². The molecule has 1 fully saturated rings. The molecule has 0 radical (unpaired) electrons. The molecule has 1 aromatic rings. The van der Waals surface area contributed by atoms with E-state index in [4.69, 9.17) is 11.6 Å². The van der Waals surface area contributed by atoms with Crippen LogP contribution in [0.25, 0.3) is 0 Å². The van der Waals surface area contributed by atoms with Crippen molar-refractivity contribution in [3.05, 3.63) is 23.0 Å². The molecular formula is C15H19ClN2O3. The lowest BCUT2D eigenvalue weighted by atomic mass is 9.95. The number of carbonyl (C=O) groups is 2. The van der Waals surface area contributed by atoms with Gasteiger partial charge >= 0.3 is 5.97 Å². The summed E-state index contributed by atoms with van der Waals surface area (Å²) < 4.78 is 0. The van der Waals surface area contributed by atoms with Crippen LogP contribution in [0.3, 0.4) is 0 Å². The highest BCUT2D eigenvalue weighted by Gasteiger charge is 2.42. The number of amides is 1. The zero-order chi connectivity index (χ0) is 15.6. The van der Waals surface area contributed by atoms with Gasteiger partial charge in [0, 0.05) is 0 Å². The molecule has 2 N–H and O–H groups in total. The van der Waals surface area contributed by atoms with Crippen molar-refractivity contribution in [3.8, 4) is 0 Å². The largest absolute Gasteiger partial charge is 0.481 e. The molecule has 2 rings (SSSR count). The van der Waals surface area contributed by atoms with Gasteiger partial charge in [-0.3, -0.25) is 9.59 Å². The molecular weight excluding hydrogens is 292 g/mol. The summed E-state index contributed by atoms with van der Waals surface area (Å²) in [5.41, 5.74) is 1.31. The number of aromatic nitrogens is 1. The number of aryl methyl sites for hydroxylation is 1. The Morgan fingerprint density at radius 1 is 1.43 bits per heavy atom. The van der Waals surface area contributed by atoms with Crippen LogP contribution in [0.15, 0.2) is 12.3 Å². The fourth-order valence-electron chi connectivity index (χ4n) is 2.90. The van der Waals surface area contributed by atoms with E-state index >= 15 is 0 Å². The van der Waals surface area contributed by atoms with Gasteiger partial charge in [-0.2, -0.15) is 0 Å². The number of pyridine rings is 1. The third-order valence-corrected chi connectivity index (χ3v) is 4.57. The molecule has 1 amide bonds. The SMILES string of the molecule is CCC1CC(C(=O)O)C(C(=O)Nc2cnc(Cl)c(C)c2)C1. The van der Waals surface area contributed by atoms with Gasteiger partial charge in [0.2, 0.25) is 5.91 Å². The van der Waals surface area contributed by atoms with Crippen LogP contribution >= 0.6 is 11.6 Å². The number of halogens is 1. The topological polar surface area (TPSA) is 79.3 Å². The van der Waals surface area contributed by atoms with E-state index in [0.29, 0.717) is 29.6 Å². The normalized spacial score (nSPS) is 24.8. The van der Waals surface area contributed by atoms with E-state index in [2.05, 4.69) is 10.3 Å². The zero-order valence-corrected chi connectivity index (χ0v) is 12.9. The van der Waals surface area contributed by atoms with Crippen molar-refractivity contribution < 1.29 is 14.7 Å². The number of carboxylic acid groups (broad SMARTS) is 1. The second-order valence-corrected chi connectivity index (χ2v) is 5.98. The Labute approximate surface area is 128 Å². The lowest BCUT2D eigenvalue weighted by Gasteiger charge is -2.15. The van der Waals surface area contributed by atoms with Crippen LogP contribution in [0.4, 0.5) is 5.69 Å². The van der Waals surface area contributed by atoms with Crippen molar-refractivity contribution in [3.63, 3.8) is 0 Å². The summed E-state index contributed by atoms with van der Waals surface area (Å²) in [5.74, 6) is -1.93. The molecule has 6 heteroatoms. The number of nitrogens with zero attached hydrogens (tertiary/aromatic N) is 1. The molecule has 1 heterocycles. The standard InChI is InChI=1S/C15H19ClN2O3/c1-3-9-5-11(12(6-9)15(20)21)14(19)18-10-4-8(2)13(16)17-7-10/h4,7,9,11-12H,3,5-6H2,1-2H3,(H,18,19)(H,20,21). The van der Waals surface area contributed by atoms with E-state index in [1.807, 2.05) is 6.92 Å². The Hall–Kier alpha value is -1.62. The molecule has 21 heavy (non-hydrogen) atoms. The summed E-state index contributed by atoms with van der Waals surface area (Å²) in [6.07, 6.45) is 3.57. The van der Waals surface area contributed by atoms with Gasteiger partial charge in [0.15, 0.2) is 0 Å². The van der Waals surface area contributed by atoms with Crippen molar-refractivity contribution >= 4 is 29.2 Å². The Bertz CT molecular complexity index is 562. The van der Waals surface area contributed by atoms with Gasteiger partial charge in [-0.15, -0.1) is 0 Å². The maximum Gasteiger partial charge on any atom is 0.307 e. The predicted octanol–water partition coefficient (Wildman–Crippen LogP) is 3.12. The maximum absolute atomic E-state index is 12.4. The molecule has 1 aromatic heterocycles. The van der Waals surface area contributed by atoms with Crippen molar-refractivity contribution in [2.75, 3.05) is 5.32 Å².